The third-order valence-electron chi connectivity index (χ3n) is 2.28. The Bertz CT molecular complexity index is 442. The Morgan fingerprint density at radius 1 is 1.22 bits per heavy atom. The Morgan fingerprint density at radius 3 is 2.33 bits per heavy atom. The van der Waals surface area contributed by atoms with Gasteiger partial charge in [0, 0.05) is 0 Å². The van der Waals surface area contributed by atoms with Crippen LogP contribution in [0.1, 0.15) is 24.9 Å². The van der Waals surface area contributed by atoms with Crippen molar-refractivity contribution in [2.75, 3.05) is 7.11 Å². The number of esters is 1. The van der Waals surface area contributed by atoms with Gasteiger partial charge in [-0.05, 0) is 12.5 Å². The summed E-state index contributed by atoms with van der Waals surface area (Å²) in [5, 5.41) is 2.48. The number of ketones is 1. The number of hydrogen-bond acceptors (Lipinski definition) is 4. The van der Waals surface area contributed by atoms with Crippen molar-refractivity contribution in [1.82, 2.24) is 5.32 Å². The van der Waals surface area contributed by atoms with Crippen molar-refractivity contribution in [1.29, 1.82) is 0 Å². The van der Waals surface area contributed by atoms with Gasteiger partial charge in [-0.1, -0.05) is 30.3 Å². The summed E-state index contributed by atoms with van der Waals surface area (Å²) in [5.41, 5.74) is 0.612. The maximum absolute atomic E-state index is 11.6. The van der Waals surface area contributed by atoms with Crippen LogP contribution in [-0.2, 0) is 19.1 Å². The van der Waals surface area contributed by atoms with Gasteiger partial charge in [0.1, 0.15) is 5.78 Å². The molecular weight excluding hydrogens is 234 g/mol. The van der Waals surface area contributed by atoms with Crippen molar-refractivity contribution < 1.29 is 19.1 Å². The lowest BCUT2D eigenvalue weighted by Gasteiger charge is -2.16. The minimum absolute atomic E-state index is 0.250. The lowest BCUT2D eigenvalue weighted by Crippen LogP contribution is -2.35. The molecule has 0 aromatic heterocycles. The monoisotopic (exact) mass is 249 g/mol. The molecule has 0 unspecified atom stereocenters. The van der Waals surface area contributed by atoms with Gasteiger partial charge in [0.25, 0.3) is 0 Å². The molecule has 1 N–H and O–H groups in total. The molecule has 1 aromatic carbocycles. The van der Waals surface area contributed by atoms with Crippen LogP contribution in [0, 0.1) is 0 Å². The molecule has 0 aliphatic heterocycles. The van der Waals surface area contributed by atoms with E-state index in [0.29, 0.717) is 5.56 Å². The number of Topliss-reactive ketones (excluding diaryl/α,β-unsaturated/α-hetero) is 1. The number of benzene rings is 1. The van der Waals surface area contributed by atoms with Crippen molar-refractivity contribution in [3.05, 3.63) is 35.9 Å². The molecule has 5 heteroatoms. The van der Waals surface area contributed by atoms with E-state index in [9.17, 15) is 14.4 Å². The van der Waals surface area contributed by atoms with Crippen LogP contribution < -0.4 is 5.32 Å². The number of methoxy groups -OCH3 is 1. The lowest BCUT2D eigenvalue weighted by atomic mass is 10.1. The second-order valence-corrected chi connectivity index (χ2v) is 3.81. The number of amides is 1. The van der Waals surface area contributed by atoms with Gasteiger partial charge in [-0.15, -0.1) is 0 Å². The smallest absolute Gasteiger partial charge is 0.333 e. The molecule has 0 fully saturated rings. The van der Waals surface area contributed by atoms with Gasteiger partial charge in [-0.2, -0.15) is 0 Å². The fraction of sp³-hybridized carbons (Fsp3) is 0.308. The summed E-state index contributed by atoms with van der Waals surface area (Å²) in [6, 6.07) is 7.83. The average Bonchev–Trinajstić information content (AvgIpc) is 2.35. The number of rotatable bonds is 5. The lowest BCUT2D eigenvalue weighted by molar-refractivity contribution is -0.145. The summed E-state index contributed by atoms with van der Waals surface area (Å²) >= 11 is 0. The van der Waals surface area contributed by atoms with Crippen LogP contribution in [-0.4, -0.2) is 24.8 Å². The first-order valence-corrected chi connectivity index (χ1v) is 5.46. The SMILES string of the molecule is COC(=O)[C@H](NC(=O)CC(C)=O)c1ccccc1. The van der Waals surface area contributed by atoms with Crippen LogP contribution in [0.5, 0.6) is 0 Å². The molecule has 0 spiro atoms. The number of carbonyl (C=O) groups excluding carboxylic acids is 3. The molecule has 1 atom stereocenters. The van der Waals surface area contributed by atoms with E-state index in [-0.39, 0.29) is 12.2 Å². The van der Waals surface area contributed by atoms with Crippen molar-refractivity contribution in [3.8, 4) is 0 Å². The zero-order valence-corrected chi connectivity index (χ0v) is 10.3. The second kappa shape index (κ2) is 6.54. The van der Waals surface area contributed by atoms with E-state index in [2.05, 4.69) is 10.1 Å². The van der Waals surface area contributed by atoms with E-state index in [1.165, 1.54) is 14.0 Å². The molecule has 1 aromatic rings. The van der Waals surface area contributed by atoms with Crippen molar-refractivity contribution in [2.24, 2.45) is 0 Å². The number of hydrogen-bond donors (Lipinski definition) is 1. The fourth-order valence-corrected chi connectivity index (χ4v) is 1.48. The topological polar surface area (TPSA) is 72.5 Å². The maximum Gasteiger partial charge on any atom is 0.333 e. The summed E-state index contributed by atoms with van der Waals surface area (Å²) in [5.74, 6) is -1.33. The van der Waals surface area contributed by atoms with Gasteiger partial charge < -0.3 is 10.1 Å². The first-order valence-electron chi connectivity index (χ1n) is 5.46. The van der Waals surface area contributed by atoms with Crippen molar-refractivity contribution >= 4 is 17.7 Å². The third kappa shape index (κ3) is 4.01. The van der Waals surface area contributed by atoms with Crippen LogP contribution >= 0.6 is 0 Å². The van der Waals surface area contributed by atoms with Gasteiger partial charge in [-0.3, -0.25) is 9.59 Å². The summed E-state index contributed by atoms with van der Waals surface area (Å²) in [6.45, 7) is 1.31. The van der Waals surface area contributed by atoms with Crippen molar-refractivity contribution in [2.45, 2.75) is 19.4 Å². The highest BCUT2D eigenvalue weighted by Gasteiger charge is 2.23. The highest BCUT2D eigenvalue weighted by Crippen LogP contribution is 2.14. The van der Waals surface area contributed by atoms with Gasteiger partial charge in [0.05, 0.1) is 13.5 Å². The van der Waals surface area contributed by atoms with Crippen LogP contribution in [0.2, 0.25) is 0 Å². The number of ether oxygens (including phenoxy) is 1. The van der Waals surface area contributed by atoms with Gasteiger partial charge in [0.2, 0.25) is 5.91 Å². The average molecular weight is 249 g/mol. The molecule has 0 radical (unpaired) electrons. The van der Waals surface area contributed by atoms with Crippen LogP contribution in [0.25, 0.3) is 0 Å². The molecule has 0 heterocycles. The highest BCUT2D eigenvalue weighted by atomic mass is 16.5. The zero-order chi connectivity index (χ0) is 13.5. The minimum Gasteiger partial charge on any atom is -0.467 e. The van der Waals surface area contributed by atoms with Crippen LogP contribution in [0.15, 0.2) is 30.3 Å². The third-order valence-corrected chi connectivity index (χ3v) is 2.28. The Kier molecular flexibility index (Phi) is 5.05. The Labute approximate surface area is 105 Å². The molecule has 1 rings (SSSR count). The van der Waals surface area contributed by atoms with E-state index >= 15 is 0 Å². The van der Waals surface area contributed by atoms with E-state index in [4.69, 9.17) is 0 Å². The van der Waals surface area contributed by atoms with Gasteiger partial charge >= 0.3 is 5.97 Å². The van der Waals surface area contributed by atoms with E-state index in [0.717, 1.165) is 0 Å². The predicted octanol–water partition coefficient (Wildman–Crippen LogP) is 0.996. The Hall–Kier alpha value is -2.17. The second-order valence-electron chi connectivity index (χ2n) is 3.81. The first-order chi connectivity index (χ1) is 8.54. The van der Waals surface area contributed by atoms with E-state index < -0.39 is 17.9 Å². The molecule has 0 aliphatic rings. The summed E-state index contributed by atoms with van der Waals surface area (Å²) < 4.78 is 4.63. The quantitative estimate of drug-likeness (QED) is 0.624. The first kappa shape index (κ1) is 13.9. The number of carbonyl (C=O) groups is 3. The van der Waals surface area contributed by atoms with Gasteiger partial charge in [-0.25, -0.2) is 4.79 Å². The molecule has 1 amide bonds. The fourth-order valence-electron chi connectivity index (χ4n) is 1.48. The van der Waals surface area contributed by atoms with Crippen LogP contribution in [0.3, 0.4) is 0 Å². The highest BCUT2D eigenvalue weighted by molar-refractivity contribution is 5.98. The van der Waals surface area contributed by atoms with Crippen LogP contribution in [0.4, 0.5) is 0 Å². The van der Waals surface area contributed by atoms with E-state index in [1.807, 2.05) is 0 Å². The predicted molar refractivity (Wildman–Crippen MR) is 64.6 cm³/mol. The summed E-state index contributed by atoms with van der Waals surface area (Å²) in [6.07, 6.45) is -0.250. The number of nitrogens with one attached hydrogen (secondary N) is 1. The molecule has 0 saturated heterocycles. The Balaban J connectivity index is 2.84. The molecule has 5 nitrogen and oxygen atoms in total. The summed E-state index contributed by atoms with van der Waals surface area (Å²) in [7, 11) is 1.25. The maximum atomic E-state index is 11.6. The van der Waals surface area contributed by atoms with Crippen molar-refractivity contribution in [3.63, 3.8) is 0 Å². The minimum atomic E-state index is -0.886. The molecule has 0 saturated carbocycles. The Morgan fingerprint density at radius 2 is 1.83 bits per heavy atom. The standard InChI is InChI=1S/C13H15NO4/c1-9(15)8-11(16)14-12(13(17)18-2)10-6-4-3-5-7-10/h3-7,12H,8H2,1-2H3,(H,14,16)/t12-/m1/s1. The normalized spacial score (nSPS) is 11.4. The molecule has 18 heavy (non-hydrogen) atoms. The summed E-state index contributed by atoms with van der Waals surface area (Å²) in [4.78, 5) is 34.0. The molecule has 0 bridgehead atoms. The largest absolute Gasteiger partial charge is 0.467 e. The zero-order valence-electron chi connectivity index (χ0n) is 10.3. The molecule has 96 valence electrons. The molecule has 0 aliphatic carbocycles. The molecular formula is C13H15NO4. The van der Waals surface area contributed by atoms with Gasteiger partial charge in [0.15, 0.2) is 6.04 Å². The van der Waals surface area contributed by atoms with E-state index in [1.54, 1.807) is 30.3 Å².